The molecule has 2 rings (SSSR count). The minimum atomic E-state index is 0. The van der Waals surface area contributed by atoms with Crippen molar-refractivity contribution in [3.63, 3.8) is 0 Å². The predicted molar refractivity (Wildman–Crippen MR) is 71.7 cm³/mol. The lowest BCUT2D eigenvalue weighted by atomic mass is 10.2. The predicted octanol–water partition coefficient (Wildman–Crippen LogP) is -3.47. The fraction of sp³-hybridized carbons (Fsp3) is 0.375. The highest BCUT2D eigenvalue weighted by Gasteiger charge is 2.00. The first-order valence-corrected chi connectivity index (χ1v) is 6.83. The standard InChI is InChI=1S/C16H22N2.2HI/c1(5-11-17-13-7-3-8-14-17)2-6-12-18-15-9-4-10-16-18;;/h3-4,7-10,13-16H,1-2,5-6,11-12H2;2*1H/q+2;;/p-2. The highest BCUT2D eigenvalue weighted by molar-refractivity contribution is 4.84. The number of rotatable bonds is 7. The monoisotopic (exact) mass is 496 g/mol. The zero-order valence-corrected chi connectivity index (χ0v) is 16.0. The van der Waals surface area contributed by atoms with Crippen molar-refractivity contribution in [1.29, 1.82) is 0 Å². The maximum absolute atomic E-state index is 2.26. The van der Waals surface area contributed by atoms with Crippen molar-refractivity contribution in [3.8, 4) is 0 Å². The molecule has 0 saturated heterocycles. The van der Waals surface area contributed by atoms with Crippen molar-refractivity contribution in [3.05, 3.63) is 61.2 Å². The van der Waals surface area contributed by atoms with Gasteiger partial charge in [0.1, 0.15) is 13.1 Å². The Hall–Kier alpha value is -0.240. The Morgan fingerprint density at radius 3 is 1.15 bits per heavy atom. The molecule has 0 fully saturated rings. The van der Waals surface area contributed by atoms with Gasteiger partial charge >= 0.3 is 0 Å². The molecule has 4 heteroatoms. The minimum Gasteiger partial charge on any atom is -1.00 e. The van der Waals surface area contributed by atoms with Crippen molar-refractivity contribution in [2.75, 3.05) is 0 Å². The van der Waals surface area contributed by atoms with E-state index in [-0.39, 0.29) is 48.0 Å². The molecule has 0 amide bonds. The number of hydrogen-bond donors (Lipinski definition) is 0. The molecule has 0 saturated carbocycles. The molecule has 0 bridgehead atoms. The van der Waals surface area contributed by atoms with Crippen molar-refractivity contribution in [2.24, 2.45) is 0 Å². The van der Waals surface area contributed by atoms with Gasteiger partial charge in [0, 0.05) is 37.1 Å². The summed E-state index contributed by atoms with van der Waals surface area (Å²) in [4.78, 5) is 0. The van der Waals surface area contributed by atoms with E-state index in [9.17, 15) is 0 Å². The summed E-state index contributed by atoms with van der Waals surface area (Å²) in [5.41, 5.74) is 0. The molecular formula is C16H22I2N2. The lowest BCUT2D eigenvalue weighted by Gasteiger charge is -1.98. The summed E-state index contributed by atoms with van der Waals surface area (Å²) in [6.07, 6.45) is 13.7. The first-order chi connectivity index (χ1) is 8.95. The van der Waals surface area contributed by atoms with E-state index in [2.05, 4.69) is 70.3 Å². The second kappa shape index (κ2) is 12.5. The molecule has 2 aromatic rings. The van der Waals surface area contributed by atoms with Crippen LogP contribution in [-0.4, -0.2) is 0 Å². The number of halogens is 2. The summed E-state index contributed by atoms with van der Waals surface area (Å²) in [6, 6.07) is 12.5. The van der Waals surface area contributed by atoms with Crippen molar-refractivity contribution >= 4 is 0 Å². The van der Waals surface area contributed by atoms with Crippen LogP contribution in [-0.2, 0) is 13.1 Å². The van der Waals surface area contributed by atoms with Crippen LogP contribution >= 0.6 is 0 Å². The summed E-state index contributed by atoms with van der Waals surface area (Å²) in [7, 11) is 0. The number of aromatic nitrogens is 2. The second-order valence-corrected chi connectivity index (χ2v) is 4.64. The van der Waals surface area contributed by atoms with Gasteiger partial charge in [-0.2, -0.15) is 0 Å². The Morgan fingerprint density at radius 1 is 0.450 bits per heavy atom. The largest absolute Gasteiger partial charge is 1.00 e. The Bertz CT molecular complexity index is 391. The van der Waals surface area contributed by atoms with E-state index in [4.69, 9.17) is 0 Å². The molecule has 0 aliphatic heterocycles. The van der Waals surface area contributed by atoms with Gasteiger partial charge in [-0.1, -0.05) is 12.1 Å². The Labute approximate surface area is 156 Å². The van der Waals surface area contributed by atoms with E-state index >= 15 is 0 Å². The molecule has 2 nitrogen and oxygen atoms in total. The molecule has 0 aliphatic rings. The molecule has 0 atom stereocenters. The molecule has 2 heterocycles. The maximum Gasteiger partial charge on any atom is 0.168 e. The maximum atomic E-state index is 2.26. The van der Waals surface area contributed by atoms with Gasteiger partial charge in [-0.15, -0.1) is 0 Å². The van der Waals surface area contributed by atoms with E-state index in [1.807, 2.05) is 0 Å². The molecule has 110 valence electrons. The lowest BCUT2D eigenvalue weighted by Crippen LogP contribution is -3.00. The summed E-state index contributed by atoms with van der Waals surface area (Å²) in [5, 5.41) is 0. The first-order valence-electron chi connectivity index (χ1n) is 6.83. The minimum absolute atomic E-state index is 0. The second-order valence-electron chi connectivity index (χ2n) is 4.64. The van der Waals surface area contributed by atoms with Crippen molar-refractivity contribution in [1.82, 2.24) is 0 Å². The quantitative estimate of drug-likeness (QED) is 0.214. The van der Waals surface area contributed by atoms with Crippen molar-refractivity contribution in [2.45, 2.75) is 38.8 Å². The molecule has 20 heavy (non-hydrogen) atoms. The lowest BCUT2D eigenvalue weighted by molar-refractivity contribution is -0.698. The average molecular weight is 496 g/mol. The van der Waals surface area contributed by atoms with Crippen LogP contribution in [0.5, 0.6) is 0 Å². The van der Waals surface area contributed by atoms with Gasteiger partial charge in [-0.3, -0.25) is 0 Å². The number of aryl methyl sites for hydroxylation is 2. The van der Waals surface area contributed by atoms with Crippen molar-refractivity contribution < 1.29 is 57.1 Å². The summed E-state index contributed by atoms with van der Waals surface area (Å²) in [5.74, 6) is 0. The van der Waals surface area contributed by atoms with Crippen LogP contribution in [0.15, 0.2) is 61.2 Å². The molecule has 0 spiro atoms. The molecule has 0 radical (unpaired) electrons. The van der Waals surface area contributed by atoms with Crippen LogP contribution in [0.3, 0.4) is 0 Å². The zero-order chi connectivity index (χ0) is 12.5. The zero-order valence-electron chi connectivity index (χ0n) is 11.7. The van der Waals surface area contributed by atoms with Crippen LogP contribution in [0, 0.1) is 0 Å². The van der Waals surface area contributed by atoms with E-state index in [0.29, 0.717) is 0 Å². The van der Waals surface area contributed by atoms with Gasteiger partial charge in [-0.25, -0.2) is 9.13 Å². The highest BCUT2D eigenvalue weighted by Crippen LogP contribution is 1.99. The third-order valence-corrected chi connectivity index (χ3v) is 3.14. The Balaban J connectivity index is 0.00000180. The van der Waals surface area contributed by atoms with Crippen LogP contribution in [0.25, 0.3) is 0 Å². The molecule has 0 aromatic carbocycles. The van der Waals surface area contributed by atoms with Crippen LogP contribution in [0.1, 0.15) is 25.7 Å². The number of hydrogen-bond acceptors (Lipinski definition) is 0. The Kier molecular flexibility index (Phi) is 12.3. The molecule has 0 aliphatic carbocycles. The van der Waals surface area contributed by atoms with E-state index in [0.717, 1.165) is 13.1 Å². The van der Waals surface area contributed by atoms with Gasteiger partial charge in [-0.05, 0) is 12.8 Å². The van der Waals surface area contributed by atoms with Gasteiger partial charge in [0.2, 0.25) is 0 Å². The summed E-state index contributed by atoms with van der Waals surface area (Å²) >= 11 is 0. The Morgan fingerprint density at radius 2 is 0.800 bits per heavy atom. The van der Waals surface area contributed by atoms with Gasteiger partial charge in [0.25, 0.3) is 0 Å². The number of nitrogens with zero attached hydrogens (tertiary/aromatic N) is 2. The van der Waals surface area contributed by atoms with E-state index in [1.165, 1.54) is 25.7 Å². The third-order valence-electron chi connectivity index (χ3n) is 3.14. The molecule has 0 unspecified atom stereocenters. The normalized spacial score (nSPS) is 9.40. The van der Waals surface area contributed by atoms with Gasteiger partial charge in [0.15, 0.2) is 24.8 Å². The van der Waals surface area contributed by atoms with Gasteiger partial charge < -0.3 is 48.0 Å². The van der Waals surface area contributed by atoms with Crippen LogP contribution < -0.4 is 57.1 Å². The van der Waals surface area contributed by atoms with E-state index < -0.39 is 0 Å². The first kappa shape index (κ1) is 19.8. The fourth-order valence-corrected chi connectivity index (χ4v) is 2.11. The third kappa shape index (κ3) is 8.14. The topological polar surface area (TPSA) is 7.76 Å². The summed E-state index contributed by atoms with van der Waals surface area (Å²) < 4.78 is 4.51. The number of pyridine rings is 2. The van der Waals surface area contributed by atoms with Crippen LogP contribution in [0.4, 0.5) is 0 Å². The SMILES string of the molecule is [I-].[I-].c1cc[n+](CCCCCC[n+]2ccccc2)cc1. The van der Waals surface area contributed by atoms with Gasteiger partial charge in [0.05, 0.1) is 0 Å². The van der Waals surface area contributed by atoms with E-state index in [1.54, 1.807) is 0 Å². The average Bonchev–Trinajstić information content (AvgIpc) is 2.45. The molecular weight excluding hydrogens is 474 g/mol. The fourth-order valence-electron chi connectivity index (χ4n) is 2.11. The number of unbranched alkanes of at least 4 members (excludes halogenated alkanes) is 3. The molecule has 2 aromatic heterocycles. The van der Waals surface area contributed by atoms with Crippen LogP contribution in [0.2, 0.25) is 0 Å². The summed E-state index contributed by atoms with van der Waals surface area (Å²) in [6.45, 7) is 2.28. The highest BCUT2D eigenvalue weighted by atomic mass is 127. The molecule has 0 N–H and O–H groups in total. The smallest absolute Gasteiger partial charge is 0.168 e.